The number of rotatable bonds is 23. The largest absolute Gasteiger partial charge is 0.380 e. The molecule has 0 aliphatic rings. The molecule has 0 aromatic heterocycles. The minimum atomic E-state index is -1.25. The van der Waals surface area contributed by atoms with E-state index in [9.17, 15) is 14.7 Å². The number of aliphatic hydroxyl groups excluding tert-OH is 1. The molecule has 2 N–H and O–H groups in total. The summed E-state index contributed by atoms with van der Waals surface area (Å²) in [6.45, 7) is 2.27. The normalized spacial score (nSPS) is 12.1. The molecule has 0 radical (unpaired) electrons. The topological polar surface area (TPSA) is 66.4 Å². The van der Waals surface area contributed by atoms with E-state index < -0.39 is 6.10 Å². The molecule has 1 atom stereocenters. The number of hydrogen-bond acceptors (Lipinski definition) is 3. The highest BCUT2D eigenvalue weighted by atomic mass is 16.3. The van der Waals surface area contributed by atoms with Crippen molar-refractivity contribution in [2.45, 2.75) is 129 Å². The van der Waals surface area contributed by atoms with Gasteiger partial charge in [-0.05, 0) is 49.8 Å². The van der Waals surface area contributed by atoms with Gasteiger partial charge in [0.1, 0.15) is 6.10 Å². The van der Waals surface area contributed by atoms with Gasteiger partial charge >= 0.3 is 0 Å². The summed E-state index contributed by atoms with van der Waals surface area (Å²) in [7, 11) is 0. The second kappa shape index (κ2) is 22.0. The zero-order valence-corrected chi connectivity index (χ0v) is 24.9. The van der Waals surface area contributed by atoms with Crippen molar-refractivity contribution in [1.29, 1.82) is 0 Å². The monoisotopic (exact) mass is 547 g/mol. The number of allylic oxidation sites excluding steroid dienone is 2. The third-order valence-corrected chi connectivity index (χ3v) is 7.46. The summed E-state index contributed by atoms with van der Waals surface area (Å²) in [4.78, 5) is 24.9. The number of anilines is 1. The number of amides is 1. The van der Waals surface area contributed by atoms with Gasteiger partial charge in [-0.1, -0.05) is 139 Å². The number of Topliss-reactive ketones (excluding diaryl/α,β-unsaturated/α-hetero) is 1. The van der Waals surface area contributed by atoms with Gasteiger partial charge in [0, 0.05) is 17.7 Å². The van der Waals surface area contributed by atoms with Crippen LogP contribution in [0.2, 0.25) is 0 Å². The highest BCUT2D eigenvalue weighted by Crippen LogP contribution is 2.22. The molecule has 0 saturated heterocycles. The van der Waals surface area contributed by atoms with E-state index >= 15 is 0 Å². The average molecular weight is 548 g/mol. The van der Waals surface area contributed by atoms with Crippen LogP contribution in [0.25, 0.3) is 0 Å². The van der Waals surface area contributed by atoms with Crippen molar-refractivity contribution in [3.8, 4) is 0 Å². The van der Waals surface area contributed by atoms with E-state index in [2.05, 4.69) is 24.4 Å². The lowest BCUT2D eigenvalue weighted by Crippen LogP contribution is -2.14. The Morgan fingerprint density at radius 2 is 1.25 bits per heavy atom. The maximum Gasteiger partial charge on any atom is 0.224 e. The Bertz CT molecular complexity index is 969. The lowest BCUT2D eigenvalue weighted by Gasteiger charge is -2.12. The van der Waals surface area contributed by atoms with Crippen LogP contribution >= 0.6 is 0 Å². The van der Waals surface area contributed by atoms with Crippen LogP contribution in [0.3, 0.4) is 0 Å². The number of hydrogen-bond donors (Lipinski definition) is 2. The number of carbonyl (C=O) groups excluding carboxylic acids is 2. The first-order valence-corrected chi connectivity index (χ1v) is 15.9. The SMILES string of the molecule is CCCCCCCC/C=C\CCCCCCCCCCCC(=O)Nc1cccc(C(O)C(=O)c2ccccc2)c1. The van der Waals surface area contributed by atoms with E-state index in [1.54, 1.807) is 48.5 Å². The number of ketones is 1. The highest BCUT2D eigenvalue weighted by molar-refractivity contribution is 6.00. The Hall–Kier alpha value is -2.72. The van der Waals surface area contributed by atoms with E-state index in [-0.39, 0.29) is 11.7 Å². The van der Waals surface area contributed by atoms with Gasteiger partial charge in [-0.15, -0.1) is 0 Å². The van der Waals surface area contributed by atoms with E-state index in [1.165, 1.54) is 96.3 Å². The first kappa shape index (κ1) is 33.5. The molecule has 40 heavy (non-hydrogen) atoms. The molecular weight excluding hydrogens is 494 g/mol. The van der Waals surface area contributed by atoms with Crippen LogP contribution in [0.4, 0.5) is 5.69 Å². The quantitative estimate of drug-likeness (QED) is 0.0826. The molecule has 4 nitrogen and oxygen atoms in total. The van der Waals surface area contributed by atoms with Gasteiger partial charge in [-0.25, -0.2) is 0 Å². The molecule has 0 fully saturated rings. The standard InChI is InChI=1S/C36H53NO3/c1-2-3-4-5-6-7-8-9-10-11-12-13-14-15-16-17-18-19-23-29-34(38)37-33-28-24-27-32(30-33)36(40)35(39)31-25-21-20-22-26-31/h9-10,20-22,24-28,30,36,40H,2-8,11-19,23,29H2,1H3,(H,37,38)/b10-9-. The number of nitrogens with one attached hydrogen (secondary N) is 1. The van der Waals surface area contributed by atoms with Crippen LogP contribution < -0.4 is 5.32 Å². The van der Waals surface area contributed by atoms with Gasteiger partial charge < -0.3 is 10.4 Å². The van der Waals surface area contributed by atoms with Crippen LogP contribution in [0.5, 0.6) is 0 Å². The summed E-state index contributed by atoms with van der Waals surface area (Å²) < 4.78 is 0. The van der Waals surface area contributed by atoms with Crippen molar-refractivity contribution < 1.29 is 14.7 Å². The lowest BCUT2D eigenvalue weighted by molar-refractivity contribution is -0.116. The fourth-order valence-electron chi connectivity index (χ4n) is 4.99. The summed E-state index contributed by atoms with van der Waals surface area (Å²) in [6.07, 6.45) is 25.7. The molecule has 1 unspecified atom stereocenters. The van der Waals surface area contributed by atoms with Gasteiger partial charge in [0.2, 0.25) is 5.91 Å². The van der Waals surface area contributed by atoms with Gasteiger partial charge in [-0.3, -0.25) is 9.59 Å². The predicted molar refractivity (Wildman–Crippen MR) is 169 cm³/mol. The van der Waals surface area contributed by atoms with Crippen molar-refractivity contribution in [3.63, 3.8) is 0 Å². The summed E-state index contributed by atoms with van der Waals surface area (Å²) in [5.74, 6) is -0.377. The molecule has 2 rings (SSSR count). The molecule has 0 aliphatic carbocycles. The third-order valence-electron chi connectivity index (χ3n) is 7.46. The molecule has 0 spiro atoms. The predicted octanol–water partition coefficient (Wildman–Crippen LogP) is 10.1. The van der Waals surface area contributed by atoms with Gasteiger partial charge in [-0.2, -0.15) is 0 Å². The molecule has 2 aromatic rings. The Labute approximate surface area is 243 Å². The number of unbranched alkanes of at least 4 members (excludes halogenated alkanes) is 15. The molecule has 0 saturated carbocycles. The van der Waals surface area contributed by atoms with Crippen molar-refractivity contribution in [2.75, 3.05) is 5.32 Å². The van der Waals surface area contributed by atoms with E-state index in [1.807, 2.05) is 6.07 Å². The lowest BCUT2D eigenvalue weighted by atomic mass is 9.99. The molecule has 0 heterocycles. The van der Waals surface area contributed by atoms with Gasteiger partial charge in [0.05, 0.1) is 0 Å². The Morgan fingerprint density at radius 1 is 0.700 bits per heavy atom. The number of aliphatic hydroxyl groups is 1. The minimum absolute atomic E-state index is 0.0259. The number of carbonyl (C=O) groups is 2. The van der Waals surface area contributed by atoms with Crippen molar-refractivity contribution >= 4 is 17.4 Å². The smallest absolute Gasteiger partial charge is 0.224 e. The fourth-order valence-corrected chi connectivity index (χ4v) is 4.99. The maximum absolute atomic E-state index is 12.5. The van der Waals surface area contributed by atoms with E-state index in [4.69, 9.17) is 0 Å². The second-order valence-electron chi connectivity index (χ2n) is 11.1. The summed E-state index contributed by atoms with van der Waals surface area (Å²) in [6, 6.07) is 15.7. The molecule has 2 aromatic carbocycles. The first-order valence-electron chi connectivity index (χ1n) is 15.9. The molecule has 0 bridgehead atoms. The Balaban J connectivity index is 1.45. The molecule has 4 heteroatoms. The summed E-state index contributed by atoms with van der Waals surface area (Å²) in [5.41, 5.74) is 1.55. The van der Waals surface area contributed by atoms with Crippen LogP contribution in [-0.2, 0) is 4.79 Å². The Morgan fingerprint density at radius 3 is 1.85 bits per heavy atom. The summed E-state index contributed by atoms with van der Waals surface area (Å²) in [5, 5.41) is 13.4. The number of benzene rings is 2. The fraction of sp³-hybridized carbons (Fsp3) is 0.556. The summed E-state index contributed by atoms with van der Waals surface area (Å²) >= 11 is 0. The van der Waals surface area contributed by atoms with E-state index in [0.29, 0.717) is 23.2 Å². The van der Waals surface area contributed by atoms with Crippen LogP contribution in [0.1, 0.15) is 145 Å². The average Bonchev–Trinajstić information content (AvgIpc) is 2.98. The molecule has 1 amide bonds. The van der Waals surface area contributed by atoms with Gasteiger partial charge in [0.25, 0.3) is 0 Å². The van der Waals surface area contributed by atoms with Crippen molar-refractivity contribution in [2.24, 2.45) is 0 Å². The minimum Gasteiger partial charge on any atom is -0.380 e. The third kappa shape index (κ3) is 15.2. The van der Waals surface area contributed by atoms with Crippen molar-refractivity contribution in [3.05, 3.63) is 77.9 Å². The molecular formula is C36H53NO3. The van der Waals surface area contributed by atoms with Crippen molar-refractivity contribution in [1.82, 2.24) is 0 Å². The Kier molecular flexibility index (Phi) is 18.4. The van der Waals surface area contributed by atoms with Crippen LogP contribution in [-0.4, -0.2) is 16.8 Å². The molecule has 220 valence electrons. The van der Waals surface area contributed by atoms with Gasteiger partial charge in [0.15, 0.2) is 5.78 Å². The zero-order chi connectivity index (χ0) is 28.7. The highest BCUT2D eigenvalue weighted by Gasteiger charge is 2.19. The zero-order valence-electron chi connectivity index (χ0n) is 24.9. The maximum atomic E-state index is 12.5. The molecule has 0 aliphatic heterocycles. The first-order chi connectivity index (χ1) is 19.6. The second-order valence-corrected chi connectivity index (χ2v) is 11.1. The van der Waals surface area contributed by atoms with Crippen LogP contribution in [0, 0.1) is 0 Å². The van der Waals surface area contributed by atoms with Crippen LogP contribution in [0.15, 0.2) is 66.7 Å². The van der Waals surface area contributed by atoms with E-state index in [0.717, 1.165) is 12.8 Å².